The lowest BCUT2D eigenvalue weighted by Crippen LogP contribution is -2.41. The number of para-hydroxylation sites is 1. The molecule has 10 heteroatoms. The summed E-state index contributed by atoms with van der Waals surface area (Å²) in [7, 11) is -3.92. The highest BCUT2D eigenvalue weighted by Crippen LogP contribution is 2.33. The summed E-state index contributed by atoms with van der Waals surface area (Å²) >= 11 is 9.78. The van der Waals surface area contributed by atoms with Crippen LogP contribution in [0.4, 0.5) is 11.4 Å². The normalized spacial score (nSPS) is 17.6. The third kappa shape index (κ3) is 4.87. The number of sulfonamides is 1. The fourth-order valence-corrected chi connectivity index (χ4v) is 6.84. The summed E-state index contributed by atoms with van der Waals surface area (Å²) in [5, 5.41) is 2.87. The van der Waals surface area contributed by atoms with Gasteiger partial charge in [-0.3, -0.25) is 13.9 Å². The number of carbonyl (C=O) groups is 2. The second-order valence-corrected chi connectivity index (χ2v) is 12.3. The van der Waals surface area contributed by atoms with E-state index in [-0.39, 0.29) is 21.4 Å². The molecular formula is C27H25BrClN3O4S. The lowest BCUT2D eigenvalue weighted by atomic mass is 10.0. The first kappa shape index (κ1) is 25.8. The van der Waals surface area contributed by atoms with E-state index in [0.717, 1.165) is 27.7 Å². The first-order valence-electron chi connectivity index (χ1n) is 12.0. The van der Waals surface area contributed by atoms with Crippen molar-refractivity contribution >= 4 is 60.7 Å². The van der Waals surface area contributed by atoms with E-state index in [9.17, 15) is 18.0 Å². The minimum Gasteiger partial charge on any atom is -0.340 e. The van der Waals surface area contributed by atoms with Gasteiger partial charge in [-0.15, -0.1) is 0 Å². The average Bonchev–Trinajstić information content (AvgIpc) is 3.25. The molecule has 192 valence electrons. The van der Waals surface area contributed by atoms with Crippen molar-refractivity contribution in [1.82, 2.24) is 5.32 Å². The Morgan fingerprint density at radius 2 is 1.86 bits per heavy atom. The van der Waals surface area contributed by atoms with Crippen LogP contribution in [-0.2, 0) is 21.2 Å². The molecule has 0 aliphatic carbocycles. The average molecular weight is 603 g/mol. The Morgan fingerprint density at radius 1 is 1.08 bits per heavy atom. The van der Waals surface area contributed by atoms with Gasteiger partial charge < -0.3 is 10.2 Å². The van der Waals surface area contributed by atoms with E-state index in [4.69, 9.17) is 11.6 Å². The molecule has 2 aliphatic rings. The van der Waals surface area contributed by atoms with Gasteiger partial charge in [0.1, 0.15) is 6.04 Å². The van der Waals surface area contributed by atoms with Crippen LogP contribution in [0.2, 0.25) is 5.02 Å². The fourth-order valence-electron chi connectivity index (χ4n) is 4.82. The number of halogens is 2. The van der Waals surface area contributed by atoms with Crippen LogP contribution in [-0.4, -0.2) is 39.4 Å². The minimum absolute atomic E-state index is 0.0128. The summed E-state index contributed by atoms with van der Waals surface area (Å²) in [4.78, 5) is 27.9. The number of nitrogens with one attached hydrogen (secondary N) is 1. The molecule has 3 aromatic carbocycles. The number of hydrogen-bond acceptors (Lipinski definition) is 4. The number of hydrogen-bond donors (Lipinski definition) is 1. The van der Waals surface area contributed by atoms with Crippen LogP contribution in [0.1, 0.15) is 34.3 Å². The number of aryl methyl sites for hydroxylation is 2. The zero-order valence-corrected chi connectivity index (χ0v) is 23.2. The summed E-state index contributed by atoms with van der Waals surface area (Å²) in [6.45, 7) is 2.76. The molecule has 2 aliphatic heterocycles. The van der Waals surface area contributed by atoms with Gasteiger partial charge in [0, 0.05) is 23.2 Å². The van der Waals surface area contributed by atoms with Gasteiger partial charge in [0.15, 0.2) is 0 Å². The number of benzene rings is 3. The van der Waals surface area contributed by atoms with Crippen LogP contribution < -0.4 is 14.5 Å². The zero-order valence-electron chi connectivity index (χ0n) is 20.1. The lowest BCUT2D eigenvalue weighted by Gasteiger charge is -2.30. The molecule has 0 bridgehead atoms. The van der Waals surface area contributed by atoms with Crippen molar-refractivity contribution in [2.24, 2.45) is 0 Å². The van der Waals surface area contributed by atoms with Gasteiger partial charge in [0.2, 0.25) is 5.91 Å². The number of anilines is 2. The van der Waals surface area contributed by atoms with E-state index in [1.165, 1.54) is 22.5 Å². The Kier molecular flexibility index (Phi) is 7.04. The van der Waals surface area contributed by atoms with Gasteiger partial charge in [-0.25, -0.2) is 8.42 Å². The van der Waals surface area contributed by atoms with Crippen molar-refractivity contribution in [2.45, 2.75) is 37.1 Å². The summed E-state index contributed by atoms with van der Waals surface area (Å²) in [6.07, 6.45) is 1.94. The molecule has 7 nitrogen and oxygen atoms in total. The molecule has 5 rings (SSSR count). The molecule has 2 amide bonds. The summed E-state index contributed by atoms with van der Waals surface area (Å²) < 4.78 is 29.5. The van der Waals surface area contributed by atoms with Crippen molar-refractivity contribution in [3.05, 3.63) is 86.8 Å². The Bertz CT molecular complexity index is 1510. The predicted molar refractivity (Wildman–Crippen MR) is 148 cm³/mol. The van der Waals surface area contributed by atoms with E-state index in [1.807, 2.05) is 43.3 Å². The van der Waals surface area contributed by atoms with Crippen LogP contribution in [0.3, 0.4) is 0 Å². The molecule has 1 N–H and O–H groups in total. The van der Waals surface area contributed by atoms with Crippen molar-refractivity contribution in [2.75, 3.05) is 22.3 Å². The second kappa shape index (κ2) is 10.1. The van der Waals surface area contributed by atoms with E-state index >= 15 is 0 Å². The van der Waals surface area contributed by atoms with Gasteiger partial charge in [-0.1, -0.05) is 45.7 Å². The standard InChI is InChI=1S/C27H25BrClN3O4S/c1-17-15-19(8-10-22(17)28)31-14-12-24(27(31)34)30-26(33)21-16-20(9-11-23(21)29)37(35,36)32-13-4-6-18-5-2-3-7-25(18)32/h2-3,5,7-11,15-16,24H,4,6,12-14H2,1H3,(H,30,33). The molecule has 1 atom stereocenters. The quantitative estimate of drug-likeness (QED) is 0.441. The van der Waals surface area contributed by atoms with Crippen LogP contribution >= 0.6 is 27.5 Å². The largest absolute Gasteiger partial charge is 0.340 e. The molecule has 1 unspecified atom stereocenters. The first-order valence-corrected chi connectivity index (χ1v) is 14.6. The minimum atomic E-state index is -3.92. The highest BCUT2D eigenvalue weighted by Gasteiger charge is 2.35. The predicted octanol–water partition coefficient (Wildman–Crippen LogP) is 5.09. The number of amides is 2. The Hall–Kier alpha value is -2.88. The molecule has 2 heterocycles. The second-order valence-electron chi connectivity index (χ2n) is 9.19. The van der Waals surface area contributed by atoms with E-state index < -0.39 is 22.0 Å². The number of carbonyl (C=O) groups excluding carboxylic acids is 2. The maximum absolute atomic E-state index is 13.6. The Balaban J connectivity index is 1.37. The maximum atomic E-state index is 13.6. The van der Waals surface area contributed by atoms with Crippen molar-refractivity contribution < 1.29 is 18.0 Å². The van der Waals surface area contributed by atoms with Crippen molar-refractivity contribution in [1.29, 1.82) is 0 Å². The van der Waals surface area contributed by atoms with Crippen LogP contribution in [0.5, 0.6) is 0 Å². The maximum Gasteiger partial charge on any atom is 0.264 e. The van der Waals surface area contributed by atoms with E-state index in [2.05, 4.69) is 21.2 Å². The molecule has 0 saturated carbocycles. The van der Waals surface area contributed by atoms with Gasteiger partial charge >= 0.3 is 0 Å². The van der Waals surface area contributed by atoms with Gasteiger partial charge in [-0.05, 0) is 79.8 Å². The van der Waals surface area contributed by atoms with Crippen molar-refractivity contribution in [3.8, 4) is 0 Å². The monoisotopic (exact) mass is 601 g/mol. The molecule has 1 saturated heterocycles. The smallest absolute Gasteiger partial charge is 0.264 e. The number of nitrogens with zero attached hydrogens (tertiary/aromatic N) is 2. The molecule has 37 heavy (non-hydrogen) atoms. The number of rotatable bonds is 5. The Morgan fingerprint density at radius 3 is 2.65 bits per heavy atom. The fraction of sp³-hybridized carbons (Fsp3) is 0.259. The van der Waals surface area contributed by atoms with Gasteiger partial charge in [0.05, 0.1) is 21.2 Å². The summed E-state index contributed by atoms with van der Waals surface area (Å²) in [5.74, 6) is -0.812. The van der Waals surface area contributed by atoms with E-state index in [0.29, 0.717) is 31.6 Å². The van der Waals surface area contributed by atoms with Gasteiger partial charge in [0.25, 0.3) is 15.9 Å². The molecule has 0 aromatic heterocycles. The molecule has 3 aromatic rings. The summed E-state index contributed by atoms with van der Waals surface area (Å²) in [5.41, 5.74) is 3.39. The highest BCUT2D eigenvalue weighted by molar-refractivity contribution is 9.10. The van der Waals surface area contributed by atoms with Crippen LogP contribution in [0.25, 0.3) is 0 Å². The third-order valence-corrected chi connectivity index (χ3v) is 9.83. The third-order valence-electron chi connectivity index (χ3n) is 6.80. The summed E-state index contributed by atoms with van der Waals surface area (Å²) in [6, 6.07) is 16.4. The van der Waals surface area contributed by atoms with Crippen molar-refractivity contribution in [3.63, 3.8) is 0 Å². The molecule has 1 fully saturated rings. The lowest BCUT2D eigenvalue weighted by molar-refractivity contribution is -0.118. The highest BCUT2D eigenvalue weighted by atomic mass is 79.9. The number of fused-ring (bicyclic) bond motifs is 1. The topological polar surface area (TPSA) is 86.8 Å². The molecular weight excluding hydrogens is 578 g/mol. The SMILES string of the molecule is Cc1cc(N2CCC(NC(=O)c3cc(S(=O)(=O)N4CCCc5ccccc54)ccc3Cl)C2=O)ccc1Br. The van der Waals surface area contributed by atoms with Crippen LogP contribution in [0.15, 0.2) is 70.0 Å². The Labute approximate surface area is 229 Å². The zero-order chi connectivity index (χ0) is 26.3. The molecule has 0 radical (unpaired) electrons. The van der Waals surface area contributed by atoms with Crippen LogP contribution in [0, 0.1) is 6.92 Å². The first-order chi connectivity index (χ1) is 17.7. The van der Waals surface area contributed by atoms with Gasteiger partial charge in [-0.2, -0.15) is 0 Å². The van der Waals surface area contributed by atoms with E-state index in [1.54, 1.807) is 11.0 Å². The molecule has 0 spiro atoms.